The summed E-state index contributed by atoms with van der Waals surface area (Å²) in [6, 6.07) is 2.58. The van der Waals surface area contributed by atoms with Crippen LogP contribution in [-0.2, 0) is 4.79 Å². The summed E-state index contributed by atoms with van der Waals surface area (Å²) >= 11 is 0. The van der Waals surface area contributed by atoms with E-state index in [1.165, 1.54) is 6.33 Å². The first-order valence-electron chi connectivity index (χ1n) is 8.15. The number of nitrogens with zero attached hydrogens (tertiary/aromatic N) is 4. The molecule has 0 aliphatic carbocycles. The fourth-order valence-corrected chi connectivity index (χ4v) is 4.02. The molecule has 2 saturated heterocycles. The maximum absolute atomic E-state index is 12.2. The molecule has 0 bridgehead atoms. The number of aromatic nitrogens is 2. The van der Waals surface area contributed by atoms with E-state index in [2.05, 4.69) is 38.9 Å². The summed E-state index contributed by atoms with van der Waals surface area (Å²) in [5, 5.41) is 2.81. The van der Waals surface area contributed by atoms with E-state index in [0.717, 1.165) is 25.3 Å². The van der Waals surface area contributed by atoms with E-state index in [-0.39, 0.29) is 11.9 Å². The number of hydrogen-bond acceptors (Lipinski definition) is 6. The number of carbonyl (C=O) groups is 1. The van der Waals surface area contributed by atoms with Gasteiger partial charge >= 0.3 is 0 Å². The molecule has 0 unspecified atom stereocenters. The van der Waals surface area contributed by atoms with Gasteiger partial charge in [-0.2, -0.15) is 0 Å². The normalized spacial score (nSPS) is 27.3. The second-order valence-corrected chi connectivity index (χ2v) is 6.56. The van der Waals surface area contributed by atoms with Crippen molar-refractivity contribution in [2.75, 3.05) is 32.1 Å². The van der Waals surface area contributed by atoms with Crippen molar-refractivity contribution in [3.05, 3.63) is 12.4 Å². The lowest BCUT2D eigenvalue weighted by molar-refractivity contribution is -0.126. The van der Waals surface area contributed by atoms with Gasteiger partial charge in [0.25, 0.3) is 0 Å². The minimum Gasteiger partial charge on any atom is -0.481 e. The molecule has 126 valence electrons. The minimum absolute atomic E-state index is 0.0166. The van der Waals surface area contributed by atoms with Crippen LogP contribution in [0, 0.1) is 5.92 Å². The number of fused-ring (bicyclic) bond motifs is 1. The van der Waals surface area contributed by atoms with Crippen LogP contribution in [0.5, 0.6) is 5.88 Å². The number of carbonyl (C=O) groups excluding carboxylic acids is 1. The summed E-state index contributed by atoms with van der Waals surface area (Å²) in [6.45, 7) is 6.13. The molecule has 0 spiro atoms. The molecule has 7 nitrogen and oxygen atoms in total. The highest BCUT2D eigenvalue weighted by Gasteiger charge is 2.49. The molecule has 23 heavy (non-hydrogen) atoms. The van der Waals surface area contributed by atoms with Gasteiger partial charge in [-0.05, 0) is 26.2 Å². The Hall–Kier alpha value is -1.89. The number of likely N-dealkylation sites (N-methyl/N-ethyl adjacent to an activating group) is 1. The number of amides is 1. The summed E-state index contributed by atoms with van der Waals surface area (Å²) in [7, 11) is 3.33. The van der Waals surface area contributed by atoms with Crippen LogP contribution in [0.2, 0.25) is 0 Å². The monoisotopic (exact) mass is 319 g/mol. The van der Waals surface area contributed by atoms with Crippen molar-refractivity contribution in [3.63, 3.8) is 0 Å². The van der Waals surface area contributed by atoms with Crippen molar-refractivity contribution < 1.29 is 9.53 Å². The highest BCUT2D eigenvalue weighted by molar-refractivity contribution is 5.82. The van der Waals surface area contributed by atoms with Crippen molar-refractivity contribution >= 4 is 11.7 Å². The second-order valence-electron chi connectivity index (χ2n) is 6.56. The average Bonchev–Trinajstić information content (AvgIpc) is 3.11. The van der Waals surface area contributed by atoms with E-state index in [4.69, 9.17) is 4.74 Å². The number of methoxy groups -OCH3 is 1. The van der Waals surface area contributed by atoms with Crippen molar-refractivity contribution in [1.82, 2.24) is 20.2 Å². The number of anilines is 1. The molecule has 1 N–H and O–H groups in total. The third-order valence-corrected chi connectivity index (χ3v) is 4.98. The molecule has 3 atom stereocenters. The Labute approximate surface area is 137 Å². The summed E-state index contributed by atoms with van der Waals surface area (Å²) in [4.78, 5) is 25.3. The van der Waals surface area contributed by atoms with Gasteiger partial charge in [-0.1, -0.05) is 0 Å². The third-order valence-electron chi connectivity index (χ3n) is 4.98. The lowest BCUT2D eigenvalue weighted by atomic mass is 10.0. The maximum atomic E-state index is 12.2. The van der Waals surface area contributed by atoms with Crippen molar-refractivity contribution in [2.45, 2.75) is 38.4 Å². The van der Waals surface area contributed by atoms with E-state index >= 15 is 0 Å². The van der Waals surface area contributed by atoms with Crippen LogP contribution in [0.25, 0.3) is 0 Å². The van der Waals surface area contributed by atoms with Crippen LogP contribution in [0.1, 0.15) is 20.3 Å². The van der Waals surface area contributed by atoms with Gasteiger partial charge in [0.2, 0.25) is 11.8 Å². The zero-order valence-electron chi connectivity index (χ0n) is 14.2. The number of likely N-dealkylation sites (tertiary alicyclic amines) is 1. The molecule has 2 aliphatic heterocycles. The molecule has 2 fully saturated rings. The number of nitrogens with one attached hydrogen (secondary N) is 1. The van der Waals surface area contributed by atoms with E-state index in [9.17, 15) is 4.79 Å². The van der Waals surface area contributed by atoms with Gasteiger partial charge in [-0.3, -0.25) is 9.69 Å². The Morgan fingerprint density at radius 2 is 2.17 bits per heavy atom. The Bertz CT molecular complexity index is 579. The van der Waals surface area contributed by atoms with Crippen LogP contribution in [0.15, 0.2) is 12.4 Å². The highest BCUT2D eigenvalue weighted by atomic mass is 16.5. The van der Waals surface area contributed by atoms with Crippen LogP contribution in [-0.4, -0.2) is 66.1 Å². The van der Waals surface area contributed by atoms with E-state index in [1.807, 2.05) is 6.07 Å². The van der Waals surface area contributed by atoms with E-state index < -0.39 is 0 Å². The van der Waals surface area contributed by atoms with Gasteiger partial charge in [0, 0.05) is 38.3 Å². The predicted molar refractivity (Wildman–Crippen MR) is 87.5 cm³/mol. The van der Waals surface area contributed by atoms with Crippen LogP contribution in [0.4, 0.5) is 5.82 Å². The molecule has 3 rings (SSSR count). The lowest BCUT2D eigenvalue weighted by Crippen LogP contribution is -2.50. The van der Waals surface area contributed by atoms with E-state index in [1.54, 1.807) is 14.2 Å². The molecular weight excluding hydrogens is 294 g/mol. The third kappa shape index (κ3) is 2.85. The van der Waals surface area contributed by atoms with Crippen LogP contribution in [0.3, 0.4) is 0 Å². The summed E-state index contributed by atoms with van der Waals surface area (Å²) in [5.74, 6) is 2.09. The number of hydrogen-bond donors (Lipinski definition) is 1. The first-order valence-corrected chi connectivity index (χ1v) is 8.15. The first-order chi connectivity index (χ1) is 11.0. The zero-order chi connectivity index (χ0) is 16.6. The Balaban J connectivity index is 1.78. The molecule has 2 aliphatic rings. The van der Waals surface area contributed by atoms with Gasteiger partial charge in [-0.25, -0.2) is 9.97 Å². The molecule has 1 aromatic rings. The lowest BCUT2D eigenvalue weighted by Gasteiger charge is -2.33. The van der Waals surface area contributed by atoms with Gasteiger partial charge in [-0.15, -0.1) is 0 Å². The topological polar surface area (TPSA) is 70.6 Å². The van der Waals surface area contributed by atoms with Crippen molar-refractivity contribution in [1.29, 1.82) is 0 Å². The standard InChI is InChI=1S/C16H25N5O2/c1-10(2)21-12(16(22)17-3)5-11-7-20(8-13(11)21)14-6-15(23-4)19-9-18-14/h6,9-13H,5,7-8H2,1-4H3,(H,17,22)/t11-,12-,13+/m0/s1. The zero-order valence-corrected chi connectivity index (χ0v) is 14.2. The van der Waals surface area contributed by atoms with Crippen LogP contribution >= 0.6 is 0 Å². The molecular formula is C16H25N5O2. The average molecular weight is 319 g/mol. The van der Waals surface area contributed by atoms with Gasteiger partial charge < -0.3 is 15.0 Å². The second kappa shape index (κ2) is 6.31. The molecule has 3 heterocycles. The molecule has 0 saturated carbocycles. The Morgan fingerprint density at radius 3 is 2.83 bits per heavy atom. The largest absolute Gasteiger partial charge is 0.481 e. The molecule has 0 aromatic carbocycles. The summed E-state index contributed by atoms with van der Waals surface area (Å²) in [6.07, 6.45) is 2.44. The van der Waals surface area contributed by atoms with Crippen molar-refractivity contribution in [2.24, 2.45) is 5.92 Å². The molecule has 7 heteroatoms. The first kappa shape index (κ1) is 16.0. The van der Waals surface area contributed by atoms with Gasteiger partial charge in [0.15, 0.2) is 0 Å². The summed E-state index contributed by atoms with van der Waals surface area (Å²) < 4.78 is 5.19. The SMILES string of the molecule is CNC(=O)[C@@H]1C[C@H]2CN(c3cc(OC)ncn3)C[C@H]2N1C(C)C. The predicted octanol–water partition coefficient (Wildman–Crippen LogP) is 0.519. The molecule has 1 amide bonds. The number of ether oxygens (including phenoxy) is 1. The quantitative estimate of drug-likeness (QED) is 0.872. The fraction of sp³-hybridized carbons (Fsp3) is 0.688. The maximum Gasteiger partial charge on any atom is 0.237 e. The van der Waals surface area contributed by atoms with E-state index in [0.29, 0.717) is 23.9 Å². The summed E-state index contributed by atoms with van der Waals surface area (Å²) in [5.41, 5.74) is 0. The fourth-order valence-electron chi connectivity index (χ4n) is 4.02. The Morgan fingerprint density at radius 1 is 1.39 bits per heavy atom. The van der Waals surface area contributed by atoms with Crippen LogP contribution < -0.4 is 15.0 Å². The minimum atomic E-state index is -0.0166. The Kier molecular flexibility index (Phi) is 4.39. The highest BCUT2D eigenvalue weighted by Crippen LogP contribution is 2.38. The number of rotatable bonds is 4. The van der Waals surface area contributed by atoms with Gasteiger partial charge in [0.1, 0.15) is 12.1 Å². The van der Waals surface area contributed by atoms with Gasteiger partial charge in [0.05, 0.1) is 13.2 Å². The molecule has 1 aromatic heterocycles. The smallest absolute Gasteiger partial charge is 0.237 e. The van der Waals surface area contributed by atoms with Crippen molar-refractivity contribution in [3.8, 4) is 5.88 Å². The molecule has 0 radical (unpaired) electrons.